The van der Waals surface area contributed by atoms with Crippen LogP contribution in [0.3, 0.4) is 0 Å². The molecule has 0 saturated carbocycles. The number of furan rings is 1. The molecule has 0 atom stereocenters. The van der Waals surface area contributed by atoms with Gasteiger partial charge < -0.3 is 19.8 Å². The Morgan fingerprint density at radius 3 is 2.54 bits per heavy atom. The minimum absolute atomic E-state index is 0.0183. The largest absolute Gasteiger partial charge is 0.463 e. The lowest BCUT2D eigenvalue weighted by Crippen LogP contribution is -2.23. The van der Waals surface area contributed by atoms with E-state index in [1.165, 1.54) is 12.3 Å². The summed E-state index contributed by atoms with van der Waals surface area (Å²) in [6.45, 7) is 0.0725. The fourth-order valence-electron chi connectivity index (χ4n) is 2.31. The maximum atomic E-state index is 12.2. The average Bonchev–Trinajstić information content (AvgIpc) is 3.11. The van der Waals surface area contributed by atoms with Crippen molar-refractivity contribution >= 4 is 11.6 Å². The molecule has 1 aromatic carbocycles. The zero-order valence-electron chi connectivity index (χ0n) is 12.8. The van der Waals surface area contributed by atoms with Crippen LogP contribution in [0.5, 0.6) is 0 Å². The Morgan fingerprint density at radius 1 is 1.12 bits per heavy atom. The molecule has 3 rings (SSSR count). The fourth-order valence-corrected chi connectivity index (χ4v) is 2.31. The lowest BCUT2D eigenvalue weighted by atomic mass is 10.1. The zero-order valence-corrected chi connectivity index (χ0v) is 12.8. The molecule has 0 radical (unpaired) electrons. The summed E-state index contributed by atoms with van der Waals surface area (Å²) in [4.78, 5) is 27.0. The van der Waals surface area contributed by atoms with Gasteiger partial charge >= 0.3 is 0 Å². The number of anilines is 1. The average molecular weight is 324 g/mol. The number of amides is 1. The lowest BCUT2D eigenvalue weighted by Gasteiger charge is -2.06. The van der Waals surface area contributed by atoms with Gasteiger partial charge in [0, 0.05) is 12.3 Å². The molecule has 0 saturated heterocycles. The molecular weight excluding hydrogens is 308 g/mol. The second kappa shape index (κ2) is 6.97. The summed E-state index contributed by atoms with van der Waals surface area (Å²) in [5.41, 5.74) is 1.59. The Kier molecular flexibility index (Phi) is 4.58. The molecule has 3 N–H and O–H groups in total. The molecular formula is C18H16N2O4. The van der Waals surface area contributed by atoms with Crippen LogP contribution in [0.2, 0.25) is 0 Å². The van der Waals surface area contributed by atoms with Gasteiger partial charge in [-0.2, -0.15) is 0 Å². The first-order valence-electron chi connectivity index (χ1n) is 7.46. The van der Waals surface area contributed by atoms with E-state index in [1.54, 1.807) is 30.3 Å². The second-order valence-electron chi connectivity index (χ2n) is 5.22. The Bertz CT molecular complexity index is 880. The molecule has 0 unspecified atom stereocenters. The number of benzene rings is 1. The fraction of sp³-hybridized carbons (Fsp3) is 0.111. The second-order valence-corrected chi connectivity index (χ2v) is 5.22. The molecule has 0 aliphatic heterocycles. The van der Waals surface area contributed by atoms with Gasteiger partial charge in [-0.15, -0.1) is 0 Å². The van der Waals surface area contributed by atoms with Gasteiger partial charge in [-0.05, 0) is 48.4 Å². The molecule has 0 bridgehead atoms. The van der Waals surface area contributed by atoms with E-state index in [1.807, 2.05) is 12.1 Å². The van der Waals surface area contributed by atoms with E-state index in [4.69, 9.17) is 9.52 Å². The molecule has 0 aliphatic rings. The first kappa shape index (κ1) is 15.8. The molecule has 2 aromatic heterocycles. The molecule has 2 heterocycles. The highest BCUT2D eigenvalue weighted by Crippen LogP contribution is 2.16. The van der Waals surface area contributed by atoms with E-state index in [2.05, 4.69) is 10.3 Å². The number of aromatic nitrogens is 1. The van der Waals surface area contributed by atoms with Crippen molar-refractivity contribution in [1.82, 2.24) is 4.98 Å². The Morgan fingerprint density at radius 2 is 1.92 bits per heavy atom. The van der Waals surface area contributed by atoms with Crippen LogP contribution >= 0.6 is 0 Å². The van der Waals surface area contributed by atoms with Gasteiger partial charge in [0.2, 0.25) is 0 Å². The van der Waals surface area contributed by atoms with E-state index >= 15 is 0 Å². The number of hydrogen-bond acceptors (Lipinski definition) is 4. The van der Waals surface area contributed by atoms with Crippen LogP contribution < -0.4 is 10.9 Å². The number of rotatable bonds is 5. The number of aromatic amines is 1. The molecule has 6 heteroatoms. The van der Waals surface area contributed by atoms with E-state index < -0.39 is 11.5 Å². The minimum Gasteiger partial charge on any atom is -0.463 e. The van der Waals surface area contributed by atoms with Crippen LogP contribution in [-0.2, 0) is 6.42 Å². The number of carbonyl (C=O) groups excluding carboxylic acids is 1. The summed E-state index contributed by atoms with van der Waals surface area (Å²) < 4.78 is 5.21. The van der Waals surface area contributed by atoms with Crippen molar-refractivity contribution in [3.05, 3.63) is 76.3 Å². The van der Waals surface area contributed by atoms with Crippen LogP contribution in [0.1, 0.15) is 15.9 Å². The Labute approximate surface area is 137 Å². The molecule has 0 aliphatic carbocycles. The minimum atomic E-state index is -0.489. The van der Waals surface area contributed by atoms with Crippen LogP contribution in [-0.4, -0.2) is 22.6 Å². The smallest absolute Gasteiger partial charge is 0.261 e. The van der Waals surface area contributed by atoms with Gasteiger partial charge in [-0.3, -0.25) is 9.59 Å². The number of carbonyl (C=O) groups is 1. The number of aliphatic hydroxyl groups is 1. The zero-order chi connectivity index (χ0) is 16.9. The van der Waals surface area contributed by atoms with Crippen LogP contribution in [0.4, 0.5) is 5.69 Å². The third-order valence-electron chi connectivity index (χ3n) is 3.55. The van der Waals surface area contributed by atoms with Crippen LogP contribution in [0.15, 0.2) is 64.0 Å². The summed E-state index contributed by atoms with van der Waals surface area (Å²) in [5.74, 6) is 0.0377. The number of aliphatic hydroxyl groups excluding tert-OH is 1. The van der Waals surface area contributed by atoms with E-state index in [0.717, 1.165) is 5.56 Å². The normalized spacial score (nSPS) is 10.5. The van der Waals surface area contributed by atoms with Crippen molar-refractivity contribution in [1.29, 1.82) is 0 Å². The number of H-pyrrole nitrogens is 1. The van der Waals surface area contributed by atoms with Gasteiger partial charge in [-0.25, -0.2) is 0 Å². The van der Waals surface area contributed by atoms with Crippen molar-refractivity contribution in [2.24, 2.45) is 0 Å². The van der Waals surface area contributed by atoms with E-state index in [9.17, 15) is 9.59 Å². The van der Waals surface area contributed by atoms with E-state index in [0.29, 0.717) is 23.6 Å². The van der Waals surface area contributed by atoms with Gasteiger partial charge in [0.1, 0.15) is 11.3 Å². The monoisotopic (exact) mass is 324 g/mol. The lowest BCUT2D eigenvalue weighted by molar-refractivity contribution is 0.102. The predicted molar refractivity (Wildman–Crippen MR) is 89.9 cm³/mol. The van der Waals surface area contributed by atoms with Crippen molar-refractivity contribution in [3.63, 3.8) is 0 Å². The highest BCUT2D eigenvalue weighted by atomic mass is 16.3. The number of nitrogens with one attached hydrogen (secondary N) is 2. The predicted octanol–water partition coefficient (Wildman–Crippen LogP) is 2.42. The third kappa shape index (κ3) is 3.44. The van der Waals surface area contributed by atoms with Crippen molar-refractivity contribution in [3.8, 4) is 11.5 Å². The van der Waals surface area contributed by atoms with Crippen LogP contribution in [0.25, 0.3) is 11.5 Å². The number of hydrogen-bond donors (Lipinski definition) is 3. The van der Waals surface area contributed by atoms with Gasteiger partial charge in [0.15, 0.2) is 0 Å². The SMILES string of the molecule is O=C(Nc1ccc(CCO)cc1)c1ccc(-c2ccco2)[nH]c1=O. The molecule has 24 heavy (non-hydrogen) atoms. The van der Waals surface area contributed by atoms with Crippen molar-refractivity contribution in [2.75, 3.05) is 11.9 Å². The maximum absolute atomic E-state index is 12.2. The van der Waals surface area contributed by atoms with Crippen molar-refractivity contribution < 1.29 is 14.3 Å². The number of pyridine rings is 1. The summed E-state index contributed by atoms with van der Waals surface area (Å²) in [5, 5.41) is 11.6. The quantitative estimate of drug-likeness (QED) is 0.671. The molecule has 0 fully saturated rings. The molecule has 6 nitrogen and oxygen atoms in total. The first-order valence-corrected chi connectivity index (χ1v) is 7.46. The summed E-state index contributed by atoms with van der Waals surface area (Å²) >= 11 is 0. The summed E-state index contributed by atoms with van der Waals surface area (Å²) in [7, 11) is 0. The van der Waals surface area contributed by atoms with Gasteiger partial charge in [0.25, 0.3) is 11.5 Å². The maximum Gasteiger partial charge on any atom is 0.261 e. The first-order chi connectivity index (χ1) is 11.7. The standard InChI is InChI=1S/C18H16N2O4/c21-10-9-12-3-5-13(6-4-12)19-17(22)14-7-8-15(20-18(14)23)16-2-1-11-24-16/h1-8,11,21H,9-10H2,(H,19,22)(H,20,23). The van der Waals surface area contributed by atoms with Crippen LogP contribution in [0, 0.1) is 0 Å². The molecule has 122 valence electrons. The highest BCUT2D eigenvalue weighted by Gasteiger charge is 2.12. The molecule has 1 amide bonds. The van der Waals surface area contributed by atoms with E-state index in [-0.39, 0.29) is 12.2 Å². The van der Waals surface area contributed by atoms with Crippen molar-refractivity contribution in [2.45, 2.75) is 6.42 Å². The highest BCUT2D eigenvalue weighted by molar-refractivity contribution is 6.04. The van der Waals surface area contributed by atoms with Gasteiger partial charge in [0.05, 0.1) is 12.0 Å². The topological polar surface area (TPSA) is 95.3 Å². The van der Waals surface area contributed by atoms with Gasteiger partial charge in [-0.1, -0.05) is 12.1 Å². The third-order valence-corrected chi connectivity index (χ3v) is 3.55. The summed E-state index contributed by atoms with van der Waals surface area (Å²) in [6.07, 6.45) is 2.07. The Hall–Kier alpha value is -3.12. The molecule has 0 spiro atoms. The Balaban J connectivity index is 1.76. The summed E-state index contributed by atoms with van der Waals surface area (Å²) in [6, 6.07) is 13.6. The molecule has 3 aromatic rings.